The third-order valence-corrected chi connectivity index (χ3v) is 7.78. The molecule has 0 radical (unpaired) electrons. The number of aryl methyl sites for hydroxylation is 1. The molecule has 0 spiro atoms. The fourth-order valence-corrected chi connectivity index (χ4v) is 6.28. The number of benzene rings is 1. The van der Waals surface area contributed by atoms with Gasteiger partial charge >= 0.3 is 0 Å². The summed E-state index contributed by atoms with van der Waals surface area (Å²) in [5.74, 6) is 3.04. The molecule has 1 N–H and O–H groups in total. The highest BCUT2D eigenvalue weighted by molar-refractivity contribution is 7.19. The lowest BCUT2D eigenvalue weighted by atomic mass is 9.84. The Morgan fingerprint density at radius 3 is 3.00 bits per heavy atom. The molecule has 3 heterocycles. The van der Waals surface area contributed by atoms with Crippen LogP contribution in [-0.4, -0.2) is 29.1 Å². The zero-order valence-corrected chi connectivity index (χ0v) is 20.3. The van der Waals surface area contributed by atoms with Crippen LogP contribution in [0, 0.1) is 11.8 Å². The minimum absolute atomic E-state index is 0.401. The second kappa shape index (κ2) is 9.21. The maximum Gasteiger partial charge on any atom is 0.142 e. The van der Waals surface area contributed by atoms with Crippen molar-refractivity contribution < 1.29 is 9.53 Å². The number of thiophene rings is 1. The minimum atomic E-state index is 0.401. The molecule has 3 aromatic rings. The SMILES string of the molecule is COc1cc2c(cc1Nc1ncnc3sc4c(c13)CCC(CCC(=O)CC(C)C)C4)C=NC2. The van der Waals surface area contributed by atoms with E-state index in [1.807, 2.05) is 6.21 Å². The third-order valence-electron chi connectivity index (χ3n) is 6.62. The maximum absolute atomic E-state index is 12.2. The first-order valence-electron chi connectivity index (χ1n) is 11.8. The number of Topliss-reactive ketones (excluding diaryl/α,β-unsaturated/α-hetero) is 1. The Morgan fingerprint density at radius 2 is 2.18 bits per heavy atom. The standard InChI is InChI=1S/C26H30N4O2S/c1-15(2)8-19(31)6-4-16-5-7-20-23(9-16)33-26-24(20)25(28-14-29-26)30-21-10-17-12-27-13-18(17)11-22(21)32-3/h10-12,14-16H,4-9,13H2,1-3H3,(H,28,29,30). The van der Waals surface area contributed by atoms with Gasteiger partial charge < -0.3 is 10.1 Å². The molecule has 33 heavy (non-hydrogen) atoms. The molecule has 0 fully saturated rings. The summed E-state index contributed by atoms with van der Waals surface area (Å²) in [6.07, 6.45) is 9.09. The van der Waals surface area contributed by atoms with E-state index >= 15 is 0 Å². The van der Waals surface area contributed by atoms with Crippen LogP contribution in [-0.2, 0) is 24.2 Å². The molecule has 1 aliphatic carbocycles. The van der Waals surface area contributed by atoms with Crippen LogP contribution in [0.4, 0.5) is 11.5 Å². The Kier molecular flexibility index (Phi) is 6.15. The van der Waals surface area contributed by atoms with E-state index in [1.54, 1.807) is 24.8 Å². The van der Waals surface area contributed by atoms with Gasteiger partial charge in [-0.1, -0.05) is 13.8 Å². The Balaban J connectivity index is 1.39. The van der Waals surface area contributed by atoms with E-state index in [9.17, 15) is 4.79 Å². The van der Waals surface area contributed by atoms with E-state index in [0.29, 0.717) is 37.0 Å². The van der Waals surface area contributed by atoms with Crippen LogP contribution in [0.15, 0.2) is 23.5 Å². The number of carbonyl (C=O) groups excluding carboxylic acids is 1. The van der Waals surface area contributed by atoms with Gasteiger partial charge in [0.25, 0.3) is 0 Å². The normalized spacial score (nSPS) is 16.8. The van der Waals surface area contributed by atoms with Crippen LogP contribution >= 0.6 is 11.3 Å². The van der Waals surface area contributed by atoms with Crippen molar-refractivity contribution in [3.05, 3.63) is 40.0 Å². The third kappa shape index (κ3) is 4.51. The highest BCUT2D eigenvalue weighted by atomic mass is 32.1. The molecule has 5 rings (SSSR count). The molecule has 7 heteroatoms. The summed E-state index contributed by atoms with van der Waals surface area (Å²) < 4.78 is 5.65. The number of carbonyl (C=O) groups is 1. The number of aliphatic imine (C=N–C) groups is 1. The summed E-state index contributed by atoms with van der Waals surface area (Å²) in [5.41, 5.74) is 4.55. The summed E-state index contributed by atoms with van der Waals surface area (Å²) in [7, 11) is 1.69. The van der Waals surface area contributed by atoms with Crippen molar-refractivity contribution in [2.24, 2.45) is 16.8 Å². The monoisotopic (exact) mass is 462 g/mol. The molecular weight excluding hydrogens is 432 g/mol. The first-order chi connectivity index (χ1) is 16.0. The van der Waals surface area contributed by atoms with Crippen LogP contribution in [0.5, 0.6) is 5.75 Å². The highest BCUT2D eigenvalue weighted by Crippen LogP contribution is 2.42. The largest absolute Gasteiger partial charge is 0.495 e. The van der Waals surface area contributed by atoms with Crippen molar-refractivity contribution >= 4 is 45.1 Å². The van der Waals surface area contributed by atoms with Crippen molar-refractivity contribution in [3.8, 4) is 5.75 Å². The Hall–Kier alpha value is -2.80. The predicted octanol–water partition coefficient (Wildman–Crippen LogP) is 5.88. The number of hydrogen-bond donors (Lipinski definition) is 1. The van der Waals surface area contributed by atoms with Gasteiger partial charge in [0, 0.05) is 23.9 Å². The van der Waals surface area contributed by atoms with Gasteiger partial charge in [-0.2, -0.15) is 0 Å². The first-order valence-corrected chi connectivity index (χ1v) is 12.6. The van der Waals surface area contributed by atoms with Crippen LogP contribution < -0.4 is 10.1 Å². The second-order valence-corrected chi connectivity index (χ2v) is 10.6. The average molecular weight is 463 g/mol. The number of anilines is 2. The fourth-order valence-electron chi connectivity index (χ4n) is 4.97. The number of fused-ring (bicyclic) bond motifs is 4. The summed E-state index contributed by atoms with van der Waals surface area (Å²) in [5, 5.41) is 4.65. The molecule has 1 aromatic carbocycles. The number of methoxy groups -OCH3 is 1. The quantitative estimate of drug-likeness (QED) is 0.453. The van der Waals surface area contributed by atoms with E-state index < -0.39 is 0 Å². The molecule has 2 aliphatic rings. The van der Waals surface area contributed by atoms with E-state index in [2.05, 4.69) is 46.3 Å². The highest BCUT2D eigenvalue weighted by Gasteiger charge is 2.26. The van der Waals surface area contributed by atoms with E-state index in [-0.39, 0.29) is 0 Å². The van der Waals surface area contributed by atoms with Gasteiger partial charge in [-0.3, -0.25) is 9.79 Å². The Bertz CT molecular complexity index is 1230. The molecule has 0 bridgehead atoms. The second-order valence-electron chi connectivity index (χ2n) is 9.54. The van der Waals surface area contributed by atoms with Crippen molar-refractivity contribution in [3.63, 3.8) is 0 Å². The number of aromatic nitrogens is 2. The number of ether oxygens (including phenoxy) is 1. The number of ketones is 1. The molecule has 172 valence electrons. The number of hydrogen-bond acceptors (Lipinski definition) is 7. The van der Waals surface area contributed by atoms with Gasteiger partial charge in [0.15, 0.2) is 0 Å². The van der Waals surface area contributed by atoms with Crippen molar-refractivity contribution in [1.29, 1.82) is 0 Å². The van der Waals surface area contributed by atoms with Crippen molar-refractivity contribution in [1.82, 2.24) is 9.97 Å². The van der Waals surface area contributed by atoms with Crippen LogP contribution in [0.25, 0.3) is 10.2 Å². The molecule has 6 nitrogen and oxygen atoms in total. The van der Waals surface area contributed by atoms with Gasteiger partial charge in [-0.25, -0.2) is 9.97 Å². The lowest BCUT2D eigenvalue weighted by Gasteiger charge is -2.22. The smallest absolute Gasteiger partial charge is 0.142 e. The molecule has 0 saturated carbocycles. The Morgan fingerprint density at radius 1 is 1.30 bits per heavy atom. The molecule has 1 unspecified atom stereocenters. The van der Waals surface area contributed by atoms with Gasteiger partial charge in [0.2, 0.25) is 0 Å². The van der Waals surface area contributed by atoms with E-state index in [1.165, 1.54) is 16.0 Å². The van der Waals surface area contributed by atoms with Gasteiger partial charge in [0.05, 0.1) is 24.7 Å². The van der Waals surface area contributed by atoms with Crippen LogP contribution in [0.2, 0.25) is 0 Å². The predicted molar refractivity (Wildman–Crippen MR) is 134 cm³/mol. The summed E-state index contributed by atoms with van der Waals surface area (Å²) in [6, 6.07) is 4.14. The molecule has 1 atom stereocenters. The Labute approximate surface area is 198 Å². The van der Waals surface area contributed by atoms with E-state index in [4.69, 9.17) is 4.74 Å². The molecule has 2 aromatic heterocycles. The van der Waals surface area contributed by atoms with Crippen molar-refractivity contribution in [2.75, 3.05) is 12.4 Å². The summed E-state index contributed by atoms with van der Waals surface area (Å²) >= 11 is 1.77. The lowest BCUT2D eigenvalue weighted by Crippen LogP contribution is -2.14. The minimum Gasteiger partial charge on any atom is -0.495 e. The zero-order chi connectivity index (χ0) is 22.9. The summed E-state index contributed by atoms with van der Waals surface area (Å²) in [4.78, 5) is 28.2. The van der Waals surface area contributed by atoms with Crippen LogP contribution in [0.1, 0.15) is 61.1 Å². The molecule has 0 amide bonds. The molecule has 0 saturated heterocycles. The van der Waals surface area contributed by atoms with Gasteiger partial charge in [-0.15, -0.1) is 11.3 Å². The van der Waals surface area contributed by atoms with Crippen molar-refractivity contribution in [2.45, 2.75) is 58.9 Å². The molecule has 1 aliphatic heterocycles. The molecular formula is C26H30N4O2S. The number of nitrogens with one attached hydrogen (secondary N) is 1. The first kappa shape index (κ1) is 22.0. The maximum atomic E-state index is 12.2. The number of rotatable bonds is 8. The van der Waals surface area contributed by atoms with Gasteiger partial charge in [-0.05, 0) is 66.3 Å². The lowest BCUT2D eigenvalue weighted by molar-refractivity contribution is -0.120. The summed E-state index contributed by atoms with van der Waals surface area (Å²) in [6.45, 7) is 4.92. The average Bonchev–Trinajstić information content (AvgIpc) is 3.40. The number of nitrogens with zero attached hydrogens (tertiary/aromatic N) is 3. The topological polar surface area (TPSA) is 76.5 Å². The van der Waals surface area contributed by atoms with Gasteiger partial charge in [0.1, 0.15) is 28.5 Å². The van der Waals surface area contributed by atoms with Crippen LogP contribution in [0.3, 0.4) is 0 Å². The fraction of sp³-hybridized carbons (Fsp3) is 0.462. The zero-order valence-electron chi connectivity index (χ0n) is 19.5. The van der Waals surface area contributed by atoms with E-state index in [0.717, 1.165) is 58.7 Å².